The first kappa shape index (κ1) is 21.9. The standard InChI is InChI=1S/C16H22N4O2S.2ClH/c1-19-9-7-18-16(19)23-11-13-5-6-14(22-13)15(21)20-8-3-2-4-12(20)10-17;;/h5-7,9,12H,2-4,8,10-11,17H2,1H3;2*1H. The highest BCUT2D eigenvalue weighted by atomic mass is 35.5. The summed E-state index contributed by atoms with van der Waals surface area (Å²) in [6.07, 6.45) is 6.82. The van der Waals surface area contributed by atoms with Gasteiger partial charge in [0.15, 0.2) is 10.9 Å². The largest absolute Gasteiger partial charge is 0.455 e. The molecule has 2 aromatic rings. The number of halogens is 2. The van der Waals surface area contributed by atoms with Crippen molar-refractivity contribution in [1.29, 1.82) is 0 Å². The van der Waals surface area contributed by atoms with Crippen LogP contribution in [0.2, 0.25) is 0 Å². The van der Waals surface area contributed by atoms with Crippen molar-refractivity contribution in [2.45, 2.75) is 36.2 Å². The van der Waals surface area contributed by atoms with Crippen LogP contribution < -0.4 is 5.73 Å². The molecule has 25 heavy (non-hydrogen) atoms. The molecule has 0 radical (unpaired) electrons. The van der Waals surface area contributed by atoms with Crippen molar-refractivity contribution in [1.82, 2.24) is 14.5 Å². The molecule has 0 aromatic carbocycles. The molecule has 3 rings (SSSR count). The molecule has 1 amide bonds. The van der Waals surface area contributed by atoms with Crippen LogP contribution in [0.25, 0.3) is 0 Å². The molecule has 1 saturated heterocycles. The van der Waals surface area contributed by atoms with Crippen LogP contribution in [-0.2, 0) is 12.8 Å². The molecule has 3 heterocycles. The predicted molar refractivity (Wildman–Crippen MR) is 104 cm³/mol. The zero-order chi connectivity index (χ0) is 16.2. The minimum atomic E-state index is -0.0478. The Morgan fingerprint density at radius 1 is 1.40 bits per heavy atom. The number of piperidine rings is 1. The number of amides is 1. The van der Waals surface area contributed by atoms with Gasteiger partial charge >= 0.3 is 0 Å². The number of aryl methyl sites for hydroxylation is 1. The Bertz CT molecular complexity index is 677. The number of carbonyl (C=O) groups is 1. The monoisotopic (exact) mass is 406 g/mol. The quantitative estimate of drug-likeness (QED) is 0.771. The molecule has 2 N–H and O–H groups in total. The zero-order valence-electron chi connectivity index (χ0n) is 14.1. The number of hydrogen-bond donors (Lipinski definition) is 1. The number of thioether (sulfide) groups is 1. The van der Waals surface area contributed by atoms with Crippen molar-refractivity contribution in [2.24, 2.45) is 12.8 Å². The van der Waals surface area contributed by atoms with Gasteiger partial charge in [-0.2, -0.15) is 0 Å². The highest BCUT2D eigenvalue weighted by Crippen LogP contribution is 2.24. The van der Waals surface area contributed by atoms with E-state index < -0.39 is 0 Å². The van der Waals surface area contributed by atoms with Gasteiger partial charge in [-0.3, -0.25) is 4.79 Å². The van der Waals surface area contributed by atoms with Gasteiger partial charge in [-0.15, -0.1) is 24.8 Å². The fourth-order valence-electron chi connectivity index (χ4n) is 2.85. The minimum absolute atomic E-state index is 0. The highest BCUT2D eigenvalue weighted by Gasteiger charge is 2.28. The molecule has 0 bridgehead atoms. The van der Waals surface area contributed by atoms with Crippen molar-refractivity contribution in [3.05, 3.63) is 36.0 Å². The molecule has 0 spiro atoms. The van der Waals surface area contributed by atoms with Crippen molar-refractivity contribution in [3.8, 4) is 0 Å². The third-order valence-electron chi connectivity index (χ3n) is 4.15. The smallest absolute Gasteiger partial charge is 0.289 e. The molecule has 2 aromatic heterocycles. The molecule has 0 aliphatic carbocycles. The van der Waals surface area contributed by atoms with Crippen molar-refractivity contribution in [2.75, 3.05) is 13.1 Å². The Labute approximate surface area is 164 Å². The number of nitrogens with two attached hydrogens (primary N) is 1. The molecule has 1 fully saturated rings. The van der Waals surface area contributed by atoms with Crippen molar-refractivity contribution >= 4 is 42.5 Å². The number of hydrogen-bond acceptors (Lipinski definition) is 5. The van der Waals surface area contributed by atoms with E-state index in [0.29, 0.717) is 18.1 Å². The van der Waals surface area contributed by atoms with Gasteiger partial charge in [0.05, 0.1) is 5.75 Å². The molecule has 1 aliphatic heterocycles. The Morgan fingerprint density at radius 2 is 2.20 bits per heavy atom. The third-order valence-corrected chi connectivity index (χ3v) is 5.23. The van der Waals surface area contributed by atoms with Gasteiger partial charge in [-0.1, -0.05) is 11.8 Å². The van der Waals surface area contributed by atoms with Crippen LogP contribution in [0.5, 0.6) is 0 Å². The predicted octanol–water partition coefficient (Wildman–Crippen LogP) is 3.10. The molecule has 6 nitrogen and oxygen atoms in total. The van der Waals surface area contributed by atoms with E-state index in [9.17, 15) is 4.79 Å². The van der Waals surface area contributed by atoms with Crippen LogP contribution in [0, 0.1) is 0 Å². The number of aromatic nitrogens is 2. The van der Waals surface area contributed by atoms with Gasteiger partial charge in [0.2, 0.25) is 0 Å². The zero-order valence-corrected chi connectivity index (χ0v) is 16.5. The fraction of sp³-hybridized carbons (Fsp3) is 0.500. The Hall–Kier alpha value is -1.15. The molecule has 0 saturated carbocycles. The van der Waals surface area contributed by atoms with E-state index in [-0.39, 0.29) is 36.8 Å². The second-order valence-corrected chi connectivity index (χ2v) is 6.70. The summed E-state index contributed by atoms with van der Waals surface area (Å²) in [5.41, 5.74) is 5.79. The highest BCUT2D eigenvalue weighted by molar-refractivity contribution is 7.98. The Balaban J connectivity index is 0.00000156. The van der Waals surface area contributed by atoms with Gasteiger partial charge in [-0.25, -0.2) is 4.98 Å². The van der Waals surface area contributed by atoms with Gasteiger partial charge in [0.25, 0.3) is 5.91 Å². The summed E-state index contributed by atoms with van der Waals surface area (Å²) in [5, 5.41) is 0.925. The molecule has 1 unspecified atom stereocenters. The summed E-state index contributed by atoms with van der Waals surface area (Å²) < 4.78 is 7.70. The molecule has 9 heteroatoms. The number of carbonyl (C=O) groups excluding carboxylic acids is 1. The number of furan rings is 1. The molecular weight excluding hydrogens is 383 g/mol. The van der Waals surface area contributed by atoms with E-state index in [1.165, 1.54) is 0 Å². The van der Waals surface area contributed by atoms with E-state index in [1.54, 1.807) is 24.0 Å². The average Bonchev–Trinajstić information content (AvgIpc) is 3.21. The summed E-state index contributed by atoms with van der Waals surface area (Å²) in [6, 6.07) is 3.76. The van der Waals surface area contributed by atoms with Crippen molar-refractivity contribution in [3.63, 3.8) is 0 Å². The van der Waals surface area contributed by atoms with Crippen LogP contribution in [0.15, 0.2) is 34.1 Å². The topological polar surface area (TPSA) is 77.3 Å². The lowest BCUT2D eigenvalue weighted by Crippen LogP contribution is -2.47. The summed E-state index contributed by atoms with van der Waals surface area (Å²) >= 11 is 1.59. The molecule has 1 aliphatic rings. The van der Waals surface area contributed by atoms with Crippen LogP contribution in [0.3, 0.4) is 0 Å². The molecule has 140 valence electrons. The Kier molecular flexibility index (Phi) is 8.85. The minimum Gasteiger partial charge on any atom is -0.455 e. The van der Waals surface area contributed by atoms with Crippen LogP contribution >= 0.6 is 36.6 Å². The Morgan fingerprint density at radius 3 is 2.88 bits per heavy atom. The van der Waals surface area contributed by atoms with Crippen LogP contribution in [0.4, 0.5) is 0 Å². The lowest BCUT2D eigenvalue weighted by molar-refractivity contribution is 0.0589. The van der Waals surface area contributed by atoms with E-state index in [0.717, 1.165) is 36.7 Å². The molecule has 1 atom stereocenters. The lowest BCUT2D eigenvalue weighted by atomic mass is 10.0. The maximum atomic E-state index is 12.6. The molecular formula is C16H24Cl2N4O2S. The lowest BCUT2D eigenvalue weighted by Gasteiger charge is -2.34. The number of nitrogens with zero attached hydrogens (tertiary/aromatic N) is 3. The second-order valence-electron chi connectivity index (χ2n) is 5.76. The van der Waals surface area contributed by atoms with E-state index in [4.69, 9.17) is 10.2 Å². The van der Waals surface area contributed by atoms with Gasteiger partial charge in [-0.05, 0) is 31.4 Å². The first-order valence-electron chi connectivity index (χ1n) is 7.89. The maximum absolute atomic E-state index is 12.6. The normalized spacial score (nSPS) is 16.9. The summed E-state index contributed by atoms with van der Waals surface area (Å²) in [4.78, 5) is 18.7. The number of imidazole rings is 1. The second kappa shape index (κ2) is 10.1. The van der Waals surface area contributed by atoms with Crippen LogP contribution in [0.1, 0.15) is 35.6 Å². The van der Waals surface area contributed by atoms with E-state index >= 15 is 0 Å². The summed E-state index contributed by atoms with van der Waals surface area (Å²) in [6.45, 7) is 1.27. The number of likely N-dealkylation sites (tertiary alicyclic amines) is 1. The number of rotatable bonds is 5. The maximum Gasteiger partial charge on any atom is 0.289 e. The first-order valence-corrected chi connectivity index (χ1v) is 8.87. The van der Waals surface area contributed by atoms with Gasteiger partial charge in [0.1, 0.15) is 5.76 Å². The summed E-state index contributed by atoms with van der Waals surface area (Å²) in [7, 11) is 1.95. The summed E-state index contributed by atoms with van der Waals surface area (Å²) in [5.74, 6) is 1.79. The average molecular weight is 407 g/mol. The SMILES string of the molecule is Cl.Cl.Cn1ccnc1SCc1ccc(C(=O)N2CCCCC2CN)o1. The first-order chi connectivity index (χ1) is 11.2. The van der Waals surface area contributed by atoms with Crippen LogP contribution in [-0.4, -0.2) is 39.5 Å². The van der Waals surface area contributed by atoms with E-state index in [1.807, 2.05) is 28.8 Å². The van der Waals surface area contributed by atoms with E-state index in [2.05, 4.69) is 4.98 Å². The van der Waals surface area contributed by atoms with Gasteiger partial charge in [0, 0.05) is 38.6 Å². The van der Waals surface area contributed by atoms with Gasteiger partial charge < -0.3 is 19.6 Å². The van der Waals surface area contributed by atoms with Crippen molar-refractivity contribution < 1.29 is 9.21 Å². The third kappa shape index (κ3) is 5.17. The fourth-order valence-corrected chi connectivity index (χ4v) is 3.68.